The summed E-state index contributed by atoms with van der Waals surface area (Å²) in [6, 6.07) is 8.18. The summed E-state index contributed by atoms with van der Waals surface area (Å²) < 4.78 is 0. The van der Waals surface area contributed by atoms with E-state index in [2.05, 4.69) is 22.8 Å². The van der Waals surface area contributed by atoms with Crippen molar-refractivity contribution in [3.8, 4) is 0 Å². The van der Waals surface area contributed by atoms with Gasteiger partial charge in [0.05, 0.1) is 12.2 Å². The molecule has 0 fully saturated rings. The van der Waals surface area contributed by atoms with E-state index in [1.165, 1.54) is 11.1 Å². The molecule has 4 heteroatoms. The second-order valence-electron chi connectivity index (χ2n) is 4.73. The summed E-state index contributed by atoms with van der Waals surface area (Å²) in [5.74, 6) is 0. The number of aliphatic hydroxyl groups is 2. The van der Waals surface area contributed by atoms with Crippen LogP contribution in [0.25, 0.3) is 0 Å². The third-order valence-corrected chi connectivity index (χ3v) is 2.63. The Kier molecular flexibility index (Phi) is 6.90. The second-order valence-corrected chi connectivity index (χ2v) is 4.73. The molecular weight excluding hydrogens is 228 g/mol. The Hall–Kier alpha value is -0.940. The lowest BCUT2D eigenvalue weighted by Gasteiger charge is -2.13. The number of nitrogens with one attached hydrogen (secondary N) is 2. The minimum Gasteiger partial charge on any atom is -0.392 e. The largest absolute Gasteiger partial charge is 0.392 e. The number of hydrogen-bond donors (Lipinski definition) is 4. The van der Waals surface area contributed by atoms with Crippen molar-refractivity contribution in [1.29, 1.82) is 0 Å². The van der Waals surface area contributed by atoms with E-state index in [1.807, 2.05) is 12.1 Å². The molecule has 102 valence electrons. The Morgan fingerprint density at radius 3 is 1.61 bits per heavy atom. The van der Waals surface area contributed by atoms with Gasteiger partial charge in [0.2, 0.25) is 0 Å². The number of benzene rings is 1. The summed E-state index contributed by atoms with van der Waals surface area (Å²) in [6.45, 7) is 6.21. The van der Waals surface area contributed by atoms with E-state index in [-0.39, 0.29) is 12.2 Å². The third kappa shape index (κ3) is 6.12. The molecule has 1 aromatic rings. The SMILES string of the molecule is CC(O)CNCc1ccccc1CNCC(C)O. The van der Waals surface area contributed by atoms with Crippen LogP contribution in [-0.4, -0.2) is 35.5 Å². The van der Waals surface area contributed by atoms with Crippen molar-refractivity contribution in [2.75, 3.05) is 13.1 Å². The molecule has 2 atom stereocenters. The fourth-order valence-electron chi connectivity index (χ4n) is 1.73. The van der Waals surface area contributed by atoms with Crippen LogP contribution in [0.1, 0.15) is 25.0 Å². The van der Waals surface area contributed by atoms with Gasteiger partial charge >= 0.3 is 0 Å². The maximum absolute atomic E-state index is 9.20. The maximum atomic E-state index is 9.20. The second kappa shape index (κ2) is 8.21. The van der Waals surface area contributed by atoms with Gasteiger partial charge in [0.25, 0.3) is 0 Å². The predicted octanol–water partition coefficient (Wildman–Crippen LogP) is 0.627. The monoisotopic (exact) mass is 252 g/mol. The molecule has 0 aliphatic rings. The fourth-order valence-corrected chi connectivity index (χ4v) is 1.73. The van der Waals surface area contributed by atoms with Gasteiger partial charge in [-0.25, -0.2) is 0 Å². The van der Waals surface area contributed by atoms with Crippen molar-refractivity contribution in [1.82, 2.24) is 10.6 Å². The van der Waals surface area contributed by atoms with Gasteiger partial charge in [0.1, 0.15) is 0 Å². The average Bonchev–Trinajstić information content (AvgIpc) is 2.30. The van der Waals surface area contributed by atoms with E-state index in [9.17, 15) is 10.2 Å². The Morgan fingerprint density at radius 2 is 1.28 bits per heavy atom. The molecule has 18 heavy (non-hydrogen) atoms. The van der Waals surface area contributed by atoms with Crippen LogP contribution in [0.15, 0.2) is 24.3 Å². The Labute approximate surface area is 109 Å². The highest BCUT2D eigenvalue weighted by atomic mass is 16.3. The average molecular weight is 252 g/mol. The van der Waals surface area contributed by atoms with Crippen molar-refractivity contribution in [3.05, 3.63) is 35.4 Å². The summed E-state index contributed by atoms with van der Waals surface area (Å²) in [6.07, 6.45) is -0.656. The lowest BCUT2D eigenvalue weighted by molar-refractivity contribution is 0.189. The summed E-state index contributed by atoms with van der Waals surface area (Å²) >= 11 is 0. The molecule has 0 aliphatic carbocycles. The first-order valence-corrected chi connectivity index (χ1v) is 6.44. The molecule has 0 bridgehead atoms. The number of rotatable bonds is 8. The molecule has 1 rings (SSSR count). The van der Waals surface area contributed by atoms with Gasteiger partial charge in [-0.05, 0) is 25.0 Å². The quantitative estimate of drug-likeness (QED) is 0.548. The highest BCUT2D eigenvalue weighted by molar-refractivity contribution is 5.26. The van der Waals surface area contributed by atoms with Crippen LogP contribution in [0.4, 0.5) is 0 Å². The summed E-state index contributed by atoms with van der Waals surface area (Å²) in [4.78, 5) is 0. The van der Waals surface area contributed by atoms with Gasteiger partial charge < -0.3 is 20.8 Å². The van der Waals surface area contributed by atoms with Crippen molar-refractivity contribution < 1.29 is 10.2 Å². The molecule has 0 aromatic heterocycles. The first-order valence-electron chi connectivity index (χ1n) is 6.44. The van der Waals surface area contributed by atoms with E-state index in [0.717, 1.165) is 13.1 Å². The summed E-state index contributed by atoms with van der Waals surface area (Å²) in [5, 5.41) is 24.8. The van der Waals surface area contributed by atoms with Crippen LogP contribution >= 0.6 is 0 Å². The Morgan fingerprint density at radius 1 is 0.889 bits per heavy atom. The molecule has 4 nitrogen and oxygen atoms in total. The highest BCUT2D eigenvalue weighted by Gasteiger charge is 2.03. The molecule has 0 heterocycles. The number of aliphatic hydroxyl groups excluding tert-OH is 2. The lowest BCUT2D eigenvalue weighted by Crippen LogP contribution is -2.26. The van der Waals surface area contributed by atoms with Crippen LogP contribution in [0, 0.1) is 0 Å². The van der Waals surface area contributed by atoms with E-state index in [4.69, 9.17) is 0 Å². The molecule has 0 spiro atoms. The molecule has 0 saturated heterocycles. The third-order valence-electron chi connectivity index (χ3n) is 2.63. The van der Waals surface area contributed by atoms with Gasteiger partial charge in [-0.15, -0.1) is 0 Å². The van der Waals surface area contributed by atoms with E-state index < -0.39 is 0 Å². The topological polar surface area (TPSA) is 64.5 Å². The van der Waals surface area contributed by atoms with Gasteiger partial charge in [-0.1, -0.05) is 24.3 Å². The Balaban J connectivity index is 2.45. The first-order chi connectivity index (χ1) is 8.59. The zero-order valence-corrected chi connectivity index (χ0v) is 11.2. The van der Waals surface area contributed by atoms with Crippen molar-refractivity contribution in [2.24, 2.45) is 0 Å². The molecule has 1 aromatic carbocycles. The van der Waals surface area contributed by atoms with E-state index in [1.54, 1.807) is 13.8 Å². The van der Waals surface area contributed by atoms with Crippen LogP contribution in [0.2, 0.25) is 0 Å². The van der Waals surface area contributed by atoms with Crippen LogP contribution in [0.3, 0.4) is 0 Å². The van der Waals surface area contributed by atoms with Crippen molar-refractivity contribution in [2.45, 2.75) is 39.1 Å². The zero-order chi connectivity index (χ0) is 13.4. The molecule has 0 amide bonds. The minimum absolute atomic E-state index is 0.328. The van der Waals surface area contributed by atoms with Gasteiger partial charge in [0, 0.05) is 26.2 Å². The normalized spacial score (nSPS) is 14.4. The molecular formula is C14H24N2O2. The number of hydrogen-bond acceptors (Lipinski definition) is 4. The molecule has 4 N–H and O–H groups in total. The molecule has 0 radical (unpaired) electrons. The molecule has 2 unspecified atom stereocenters. The summed E-state index contributed by atoms with van der Waals surface area (Å²) in [7, 11) is 0. The summed E-state index contributed by atoms with van der Waals surface area (Å²) in [5.41, 5.74) is 2.44. The minimum atomic E-state index is -0.328. The van der Waals surface area contributed by atoms with Crippen molar-refractivity contribution in [3.63, 3.8) is 0 Å². The van der Waals surface area contributed by atoms with E-state index >= 15 is 0 Å². The Bertz CT molecular complexity index is 307. The lowest BCUT2D eigenvalue weighted by atomic mass is 10.1. The molecule has 0 saturated carbocycles. The fraction of sp³-hybridized carbons (Fsp3) is 0.571. The van der Waals surface area contributed by atoms with Crippen LogP contribution in [0.5, 0.6) is 0 Å². The van der Waals surface area contributed by atoms with Crippen LogP contribution in [-0.2, 0) is 13.1 Å². The standard InChI is InChI=1S/C14H24N2O2/c1-11(17)7-15-9-13-5-3-4-6-14(13)10-16-8-12(2)18/h3-6,11-12,15-18H,7-10H2,1-2H3. The van der Waals surface area contributed by atoms with E-state index in [0.29, 0.717) is 13.1 Å². The smallest absolute Gasteiger partial charge is 0.0636 e. The van der Waals surface area contributed by atoms with Crippen LogP contribution < -0.4 is 10.6 Å². The maximum Gasteiger partial charge on any atom is 0.0636 e. The van der Waals surface area contributed by atoms with Gasteiger partial charge in [-0.2, -0.15) is 0 Å². The highest BCUT2D eigenvalue weighted by Crippen LogP contribution is 2.08. The zero-order valence-electron chi connectivity index (χ0n) is 11.2. The molecule has 0 aliphatic heterocycles. The predicted molar refractivity (Wildman–Crippen MR) is 73.2 cm³/mol. The first kappa shape index (κ1) is 15.1. The van der Waals surface area contributed by atoms with Gasteiger partial charge in [-0.3, -0.25) is 0 Å². The van der Waals surface area contributed by atoms with Gasteiger partial charge in [0.15, 0.2) is 0 Å². The van der Waals surface area contributed by atoms with Crippen molar-refractivity contribution >= 4 is 0 Å².